The van der Waals surface area contributed by atoms with E-state index in [1.54, 1.807) is 0 Å². The van der Waals surface area contributed by atoms with Crippen molar-refractivity contribution in [1.29, 1.82) is 0 Å². The van der Waals surface area contributed by atoms with Crippen LogP contribution in [-0.2, 0) is 0 Å². The lowest BCUT2D eigenvalue weighted by atomic mass is 9.87. The highest BCUT2D eigenvalue weighted by atomic mass is 14.5. The molecule has 0 spiro atoms. The van der Waals surface area contributed by atoms with Crippen LogP contribution in [0.3, 0.4) is 0 Å². The van der Waals surface area contributed by atoms with Crippen molar-refractivity contribution in [2.45, 2.75) is 40.0 Å². The molecule has 0 saturated carbocycles. The van der Waals surface area contributed by atoms with E-state index in [4.69, 9.17) is 5.73 Å². The van der Waals surface area contributed by atoms with E-state index in [1.807, 2.05) is 0 Å². The molecule has 0 aliphatic rings. The van der Waals surface area contributed by atoms with Crippen molar-refractivity contribution in [2.75, 3.05) is 0 Å². The van der Waals surface area contributed by atoms with Gasteiger partial charge in [-0.1, -0.05) is 39.5 Å². The summed E-state index contributed by atoms with van der Waals surface area (Å²) in [5.41, 5.74) is 7.84. The van der Waals surface area contributed by atoms with Crippen molar-refractivity contribution in [3.05, 3.63) is 24.4 Å². The molecule has 0 rings (SSSR count). The van der Waals surface area contributed by atoms with Gasteiger partial charge in [0.05, 0.1) is 0 Å². The zero-order chi connectivity index (χ0) is 9.78. The van der Waals surface area contributed by atoms with Gasteiger partial charge in [0.25, 0.3) is 0 Å². The molecule has 0 amide bonds. The Hall–Kier alpha value is -0.720. The van der Waals surface area contributed by atoms with Crippen molar-refractivity contribution >= 4 is 0 Å². The SMILES string of the molecule is C=C(N)CCC(=C)CC(C)(C)C. The van der Waals surface area contributed by atoms with Gasteiger partial charge in [-0.2, -0.15) is 0 Å². The second-order valence-corrected chi connectivity index (χ2v) is 4.65. The Morgan fingerprint density at radius 3 is 2.00 bits per heavy atom. The third-order valence-electron chi connectivity index (χ3n) is 1.58. The van der Waals surface area contributed by atoms with Gasteiger partial charge < -0.3 is 5.73 Å². The summed E-state index contributed by atoms with van der Waals surface area (Å²) in [6.07, 6.45) is 2.92. The number of allylic oxidation sites excluding steroid dienone is 2. The zero-order valence-electron chi connectivity index (χ0n) is 8.61. The Morgan fingerprint density at radius 2 is 1.67 bits per heavy atom. The first-order chi connectivity index (χ1) is 5.31. The Balaban J connectivity index is 3.68. The number of nitrogens with two attached hydrogens (primary N) is 1. The lowest BCUT2D eigenvalue weighted by Gasteiger charge is -2.19. The van der Waals surface area contributed by atoms with Crippen LogP contribution < -0.4 is 5.73 Å². The van der Waals surface area contributed by atoms with Gasteiger partial charge in [0.1, 0.15) is 0 Å². The number of rotatable bonds is 4. The summed E-state index contributed by atoms with van der Waals surface area (Å²) in [5.74, 6) is 0. The molecule has 0 aromatic rings. The van der Waals surface area contributed by atoms with Gasteiger partial charge in [-0.15, -0.1) is 0 Å². The lowest BCUT2D eigenvalue weighted by molar-refractivity contribution is 0.404. The summed E-state index contributed by atoms with van der Waals surface area (Å²) in [6, 6.07) is 0. The summed E-state index contributed by atoms with van der Waals surface area (Å²) < 4.78 is 0. The molecule has 0 unspecified atom stereocenters. The van der Waals surface area contributed by atoms with Crippen LogP contribution in [0.5, 0.6) is 0 Å². The fourth-order valence-electron chi connectivity index (χ4n) is 1.18. The third-order valence-corrected chi connectivity index (χ3v) is 1.58. The Morgan fingerprint density at radius 1 is 1.17 bits per heavy atom. The first kappa shape index (κ1) is 11.3. The first-order valence-electron chi connectivity index (χ1n) is 4.41. The van der Waals surface area contributed by atoms with E-state index >= 15 is 0 Å². The predicted octanol–water partition coefficient (Wildman–Crippen LogP) is 3.23. The molecule has 0 radical (unpaired) electrons. The van der Waals surface area contributed by atoms with Crippen LogP contribution in [0, 0.1) is 5.41 Å². The van der Waals surface area contributed by atoms with Crippen LogP contribution in [0.4, 0.5) is 0 Å². The average molecular weight is 167 g/mol. The summed E-state index contributed by atoms with van der Waals surface area (Å²) in [6.45, 7) is 14.3. The van der Waals surface area contributed by atoms with Gasteiger partial charge in [-0.05, 0) is 24.7 Å². The van der Waals surface area contributed by atoms with E-state index in [1.165, 1.54) is 5.57 Å². The molecular weight excluding hydrogens is 146 g/mol. The molecule has 0 fully saturated rings. The maximum atomic E-state index is 5.47. The van der Waals surface area contributed by atoms with E-state index in [0.29, 0.717) is 5.41 Å². The smallest absolute Gasteiger partial charge is 0.00106 e. The minimum absolute atomic E-state index is 0.340. The molecule has 1 heteroatoms. The molecule has 0 atom stereocenters. The van der Waals surface area contributed by atoms with Crippen LogP contribution in [0.15, 0.2) is 24.4 Å². The second kappa shape index (κ2) is 4.34. The third kappa shape index (κ3) is 7.39. The van der Waals surface area contributed by atoms with Gasteiger partial charge >= 0.3 is 0 Å². The van der Waals surface area contributed by atoms with Crippen LogP contribution in [-0.4, -0.2) is 0 Å². The standard InChI is InChI=1S/C11H21N/c1-9(6-7-10(2)12)8-11(3,4)5/h1-2,6-8,12H2,3-5H3. The number of hydrogen-bond donors (Lipinski definition) is 1. The zero-order valence-corrected chi connectivity index (χ0v) is 8.61. The maximum absolute atomic E-state index is 5.47. The quantitative estimate of drug-likeness (QED) is 0.639. The average Bonchev–Trinajstić information content (AvgIpc) is 1.79. The highest BCUT2D eigenvalue weighted by Crippen LogP contribution is 2.25. The molecular formula is C11H21N. The van der Waals surface area contributed by atoms with Crippen molar-refractivity contribution < 1.29 is 0 Å². The largest absolute Gasteiger partial charge is 0.403 e. The summed E-state index contributed by atoms with van der Waals surface area (Å²) >= 11 is 0. The van der Waals surface area contributed by atoms with Crippen LogP contribution >= 0.6 is 0 Å². The topological polar surface area (TPSA) is 26.0 Å². The Bertz CT molecular complexity index is 172. The van der Waals surface area contributed by atoms with Gasteiger partial charge in [-0.25, -0.2) is 0 Å². The first-order valence-corrected chi connectivity index (χ1v) is 4.41. The molecule has 2 N–H and O–H groups in total. The van der Waals surface area contributed by atoms with E-state index in [-0.39, 0.29) is 0 Å². The van der Waals surface area contributed by atoms with E-state index in [0.717, 1.165) is 25.0 Å². The molecule has 0 aliphatic carbocycles. The van der Waals surface area contributed by atoms with Crippen LogP contribution in [0.25, 0.3) is 0 Å². The summed E-state index contributed by atoms with van der Waals surface area (Å²) in [5, 5.41) is 0. The van der Waals surface area contributed by atoms with Gasteiger partial charge in [-0.3, -0.25) is 0 Å². The Kier molecular flexibility index (Phi) is 4.08. The monoisotopic (exact) mass is 167 g/mol. The van der Waals surface area contributed by atoms with E-state index in [9.17, 15) is 0 Å². The molecule has 0 saturated heterocycles. The van der Waals surface area contributed by atoms with E-state index < -0.39 is 0 Å². The maximum Gasteiger partial charge on any atom is 0.00106 e. The van der Waals surface area contributed by atoms with Gasteiger partial charge in [0.15, 0.2) is 0 Å². The van der Waals surface area contributed by atoms with Crippen LogP contribution in [0.2, 0.25) is 0 Å². The van der Waals surface area contributed by atoms with Crippen molar-refractivity contribution in [3.8, 4) is 0 Å². The highest BCUT2D eigenvalue weighted by molar-refractivity contribution is 5.01. The van der Waals surface area contributed by atoms with Crippen molar-refractivity contribution in [1.82, 2.24) is 0 Å². The molecule has 12 heavy (non-hydrogen) atoms. The minimum atomic E-state index is 0.340. The second-order valence-electron chi connectivity index (χ2n) is 4.65. The fraction of sp³-hybridized carbons (Fsp3) is 0.636. The minimum Gasteiger partial charge on any atom is -0.403 e. The normalized spacial score (nSPS) is 11.2. The molecule has 70 valence electrons. The van der Waals surface area contributed by atoms with E-state index in [2.05, 4.69) is 33.9 Å². The predicted molar refractivity (Wildman–Crippen MR) is 55.8 cm³/mol. The molecule has 0 aromatic carbocycles. The summed E-state index contributed by atoms with van der Waals surface area (Å²) in [4.78, 5) is 0. The molecule has 0 aromatic heterocycles. The Labute approximate surface area is 76.3 Å². The van der Waals surface area contributed by atoms with Crippen LogP contribution in [0.1, 0.15) is 40.0 Å². The van der Waals surface area contributed by atoms with Crippen molar-refractivity contribution in [2.24, 2.45) is 11.1 Å². The molecule has 1 nitrogen and oxygen atoms in total. The highest BCUT2D eigenvalue weighted by Gasteiger charge is 2.11. The molecule has 0 aliphatic heterocycles. The van der Waals surface area contributed by atoms with Gasteiger partial charge in [0, 0.05) is 5.70 Å². The lowest BCUT2D eigenvalue weighted by Crippen LogP contribution is -2.06. The fourth-order valence-corrected chi connectivity index (χ4v) is 1.18. The number of hydrogen-bond acceptors (Lipinski definition) is 1. The molecule has 0 heterocycles. The summed E-state index contributed by atoms with van der Waals surface area (Å²) in [7, 11) is 0. The molecule has 0 bridgehead atoms. The van der Waals surface area contributed by atoms with Gasteiger partial charge in [0.2, 0.25) is 0 Å². The van der Waals surface area contributed by atoms with Crippen molar-refractivity contribution in [3.63, 3.8) is 0 Å².